The van der Waals surface area contributed by atoms with Crippen LogP contribution < -0.4 is 10.2 Å². The second-order valence-electron chi connectivity index (χ2n) is 6.01. The van der Waals surface area contributed by atoms with Gasteiger partial charge in [-0.25, -0.2) is 5.43 Å². The summed E-state index contributed by atoms with van der Waals surface area (Å²) in [7, 11) is 0. The van der Waals surface area contributed by atoms with E-state index in [0.29, 0.717) is 5.75 Å². The molecular weight excluding hydrogens is 453 g/mol. The molecule has 0 atom stereocenters. The molecule has 0 saturated carbocycles. The average Bonchev–Trinajstić information content (AvgIpc) is 2.95. The third kappa shape index (κ3) is 4.77. The van der Waals surface area contributed by atoms with Crippen LogP contribution in [0.3, 0.4) is 0 Å². The lowest BCUT2D eigenvalue weighted by Gasteiger charge is -2.09. The van der Waals surface area contributed by atoms with Crippen LogP contribution in [0.5, 0.6) is 5.75 Å². The molecule has 6 heteroatoms. The molecule has 138 valence electrons. The summed E-state index contributed by atoms with van der Waals surface area (Å²) in [6.07, 6.45) is 1.66. The molecule has 1 aromatic heterocycles. The third-order valence-corrected chi connectivity index (χ3v) is 4.96. The van der Waals surface area contributed by atoms with Crippen molar-refractivity contribution in [2.75, 3.05) is 6.61 Å². The quantitative estimate of drug-likeness (QED) is 0.331. The Hall–Kier alpha value is -2.61. The minimum absolute atomic E-state index is 0.0829. The Kier molecular flexibility index (Phi) is 6.28. The number of ether oxygens (including phenoxy) is 1. The van der Waals surface area contributed by atoms with Crippen LogP contribution in [0.4, 0.5) is 0 Å². The van der Waals surface area contributed by atoms with E-state index in [1.807, 2.05) is 62.4 Å². The number of hydrogen-bond donors (Lipinski definition) is 1. The summed E-state index contributed by atoms with van der Waals surface area (Å²) < 4.78 is 8.62. The maximum Gasteiger partial charge on any atom is 0.277 e. The fourth-order valence-corrected chi connectivity index (χ4v) is 3.35. The summed E-state index contributed by atoms with van der Waals surface area (Å²) in [6, 6.07) is 19.7. The molecule has 2 aromatic carbocycles. The van der Waals surface area contributed by atoms with Gasteiger partial charge in [0.2, 0.25) is 0 Å². The lowest BCUT2D eigenvalue weighted by Crippen LogP contribution is -2.24. The molecule has 0 fully saturated rings. The summed E-state index contributed by atoms with van der Waals surface area (Å²) in [5.41, 5.74) is 6.73. The molecule has 1 amide bonds. The Morgan fingerprint density at radius 1 is 1.15 bits per heavy atom. The van der Waals surface area contributed by atoms with Crippen LogP contribution in [0.25, 0.3) is 5.69 Å². The highest BCUT2D eigenvalue weighted by atomic mass is 127. The molecular formula is C21H20IN3O2. The van der Waals surface area contributed by atoms with Crippen molar-refractivity contribution < 1.29 is 9.53 Å². The Balaban J connectivity index is 1.62. The largest absolute Gasteiger partial charge is 0.483 e. The number of benzene rings is 2. The van der Waals surface area contributed by atoms with Crippen molar-refractivity contribution in [2.24, 2.45) is 5.10 Å². The molecule has 3 rings (SSSR count). The van der Waals surface area contributed by atoms with Crippen molar-refractivity contribution in [3.05, 3.63) is 81.2 Å². The van der Waals surface area contributed by atoms with Gasteiger partial charge in [0, 0.05) is 22.6 Å². The zero-order chi connectivity index (χ0) is 19.2. The van der Waals surface area contributed by atoms with Crippen LogP contribution in [-0.4, -0.2) is 23.3 Å². The van der Waals surface area contributed by atoms with Crippen LogP contribution in [0, 0.1) is 17.4 Å². The number of carbonyl (C=O) groups is 1. The minimum Gasteiger partial charge on any atom is -0.483 e. The summed E-state index contributed by atoms with van der Waals surface area (Å²) >= 11 is 2.17. The maximum atomic E-state index is 11.9. The fraction of sp³-hybridized carbons (Fsp3) is 0.143. The van der Waals surface area contributed by atoms with Crippen molar-refractivity contribution in [3.8, 4) is 11.4 Å². The van der Waals surface area contributed by atoms with Gasteiger partial charge in [-0.3, -0.25) is 4.79 Å². The van der Waals surface area contributed by atoms with Gasteiger partial charge >= 0.3 is 0 Å². The molecule has 0 aliphatic rings. The monoisotopic (exact) mass is 473 g/mol. The molecule has 1 N–H and O–H groups in total. The van der Waals surface area contributed by atoms with Gasteiger partial charge in [0.1, 0.15) is 5.75 Å². The minimum atomic E-state index is -0.303. The molecule has 0 saturated heterocycles. The van der Waals surface area contributed by atoms with Crippen molar-refractivity contribution >= 4 is 34.7 Å². The normalized spacial score (nSPS) is 10.9. The van der Waals surface area contributed by atoms with E-state index in [4.69, 9.17) is 4.74 Å². The molecule has 5 nitrogen and oxygen atoms in total. The topological polar surface area (TPSA) is 55.6 Å². The van der Waals surface area contributed by atoms with E-state index < -0.39 is 0 Å². The molecule has 0 radical (unpaired) electrons. The van der Waals surface area contributed by atoms with Gasteiger partial charge in [-0.2, -0.15) is 5.10 Å². The zero-order valence-electron chi connectivity index (χ0n) is 15.1. The highest BCUT2D eigenvalue weighted by Crippen LogP contribution is 2.20. The molecule has 0 unspecified atom stereocenters. The van der Waals surface area contributed by atoms with Crippen LogP contribution in [0.15, 0.2) is 65.8 Å². The Labute approximate surface area is 172 Å². The van der Waals surface area contributed by atoms with Gasteiger partial charge < -0.3 is 9.30 Å². The number of para-hydroxylation sites is 2. The van der Waals surface area contributed by atoms with Crippen molar-refractivity contribution in [2.45, 2.75) is 13.8 Å². The Morgan fingerprint density at radius 3 is 2.59 bits per heavy atom. The lowest BCUT2D eigenvalue weighted by atomic mass is 10.2. The van der Waals surface area contributed by atoms with Crippen molar-refractivity contribution in [3.63, 3.8) is 0 Å². The first-order valence-corrected chi connectivity index (χ1v) is 9.57. The number of hydrazone groups is 1. The third-order valence-electron chi connectivity index (χ3n) is 4.07. The van der Waals surface area contributed by atoms with Crippen LogP contribution >= 0.6 is 22.6 Å². The van der Waals surface area contributed by atoms with Gasteiger partial charge in [0.05, 0.1) is 9.78 Å². The van der Waals surface area contributed by atoms with Gasteiger partial charge in [-0.05, 0) is 66.8 Å². The van der Waals surface area contributed by atoms with E-state index >= 15 is 0 Å². The Morgan fingerprint density at radius 2 is 1.85 bits per heavy atom. The number of aromatic nitrogens is 1. The van der Waals surface area contributed by atoms with E-state index in [1.54, 1.807) is 6.21 Å². The van der Waals surface area contributed by atoms with Crippen LogP contribution in [-0.2, 0) is 4.79 Å². The second kappa shape index (κ2) is 8.85. The zero-order valence-corrected chi connectivity index (χ0v) is 17.3. The van der Waals surface area contributed by atoms with E-state index in [0.717, 1.165) is 26.2 Å². The van der Waals surface area contributed by atoms with E-state index in [-0.39, 0.29) is 12.5 Å². The van der Waals surface area contributed by atoms with E-state index in [1.165, 1.54) is 0 Å². The molecule has 0 aliphatic carbocycles. The standard InChI is InChI=1S/C21H20IN3O2/c1-15-12-17(16(2)25(15)18-8-4-3-5-9-18)13-23-24-21(26)14-27-20-11-7-6-10-19(20)22/h3-13H,14H2,1-2H3,(H,24,26)/b23-13+. The van der Waals surface area contributed by atoms with Gasteiger partial charge in [0.15, 0.2) is 6.61 Å². The highest BCUT2D eigenvalue weighted by Gasteiger charge is 2.09. The molecule has 1 heterocycles. The number of nitrogens with one attached hydrogen (secondary N) is 1. The molecule has 27 heavy (non-hydrogen) atoms. The summed E-state index contributed by atoms with van der Waals surface area (Å²) in [5.74, 6) is 0.381. The first-order chi connectivity index (χ1) is 13.1. The average molecular weight is 473 g/mol. The van der Waals surface area contributed by atoms with E-state index in [9.17, 15) is 4.79 Å². The summed E-state index contributed by atoms with van der Waals surface area (Å²) in [6.45, 7) is 4.00. The van der Waals surface area contributed by atoms with Gasteiger partial charge in [-0.1, -0.05) is 30.3 Å². The SMILES string of the molecule is Cc1cc(/C=N/NC(=O)COc2ccccc2I)c(C)n1-c1ccccc1. The predicted molar refractivity (Wildman–Crippen MR) is 116 cm³/mol. The van der Waals surface area contributed by atoms with Crippen molar-refractivity contribution in [1.29, 1.82) is 0 Å². The van der Waals surface area contributed by atoms with Crippen LogP contribution in [0.2, 0.25) is 0 Å². The number of rotatable bonds is 6. The fourth-order valence-electron chi connectivity index (χ4n) is 2.80. The first-order valence-electron chi connectivity index (χ1n) is 8.50. The number of nitrogens with zero attached hydrogens (tertiary/aromatic N) is 2. The van der Waals surface area contributed by atoms with E-state index in [2.05, 4.69) is 49.8 Å². The highest BCUT2D eigenvalue weighted by molar-refractivity contribution is 14.1. The molecule has 0 spiro atoms. The predicted octanol–water partition coefficient (Wildman–Crippen LogP) is 4.23. The number of carbonyl (C=O) groups excluding carboxylic acids is 1. The number of hydrogen-bond acceptors (Lipinski definition) is 3. The maximum absolute atomic E-state index is 11.9. The Bertz CT molecular complexity index is 965. The summed E-state index contributed by atoms with van der Waals surface area (Å²) in [4.78, 5) is 11.9. The van der Waals surface area contributed by atoms with Gasteiger partial charge in [-0.15, -0.1) is 0 Å². The summed E-state index contributed by atoms with van der Waals surface area (Å²) in [5, 5.41) is 4.07. The number of amides is 1. The van der Waals surface area contributed by atoms with Gasteiger partial charge in [0.25, 0.3) is 5.91 Å². The molecule has 0 bridgehead atoms. The lowest BCUT2D eigenvalue weighted by molar-refractivity contribution is -0.123. The first kappa shape index (κ1) is 19.2. The van der Waals surface area contributed by atoms with Crippen LogP contribution in [0.1, 0.15) is 17.0 Å². The molecule has 3 aromatic rings. The number of halogens is 1. The smallest absolute Gasteiger partial charge is 0.277 e. The molecule has 0 aliphatic heterocycles. The number of aryl methyl sites for hydroxylation is 1. The van der Waals surface area contributed by atoms with Crippen molar-refractivity contribution in [1.82, 2.24) is 9.99 Å². The second-order valence-corrected chi connectivity index (χ2v) is 7.17.